The normalized spacial score (nSPS) is 13.5. The summed E-state index contributed by atoms with van der Waals surface area (Å²) < 4.78 is 5.46. The maximum Gasteiger partial charge on any atom is 0.339 e. The number of H-pyrrole nitrogens is 1. The van der Waals surface area contributed by atoms with Gasteiger partial charge >= 0.3 is 5.97 Å². The molecule has 4 aromatic heterocycles. The van der Waals surface area contributed by atoms with Gasteiger partial charge in [-0.15, -0.1) is 0 Å². The third-order valence-corrected chi connectivity index (χ3v) is 6.36. The number of rotatable bonds is 6. The fourth-order valence-electron chi connectivity index (χ4n) is 4.28. The molecule has 178 valence electrons. The van der Waals surface area contributed by atoms with E-state index in [2.05, 4.69) is 42.4 Å². The van der Waals surface area contributed by atoms with Gasteiger partial charge in [0.2, 0.25) is 0 Å². The monoisotopic (exact) mass is 476 g/mol. The van der Waals surface area contributed by atoms with Crippen molar-refractivity contribution in [2.24, 2.45) is 5.92 Å². The molecule has 0 aliphatic carbocycles. The van der Waals surface area contributed by atoms with Crippen LogP contribution in [0.25, 0.3) is 44.7 Å². The zero-order valence-electron chi connectivity index (χ0n) is 19.7. The smallest absolute Gasteiger partial charge is 0.339 e. The number of esters is 1. The van der Waals surface area contributed by atoms with E-state index in [4.69, 9.17) is 4.74 Å². The van der Waals surface area contributed by atoms with E-state index in [1.165, 1.54) is 6.20 Å². The Labute approximate surface area is 207 Å². The molecule has 8 heteroatoms. The number of imidazole rings is 1. The van der Waals surface area contributed by atoms with E-state index in [1.807, 2.05) is 37.3 Å². The molecule has 0 spiro atoms. The summed E-state index contributed by atoms with van der Waals surface area (Å²) in [5.41, 5.74) is 7.42. The first-order valence-corrected chi connectivity index (χ1v) is 11.8. The van der Waals surface area contributed by atoms with Crippen LogP contribution in [0.1, 0.15) is 16.1 Å². The number of aromatic nitrogens is 5. The van der Waals surface area contributed by atoms with E-state index in [9.17, 15) is 4.79 Å². The first-order chi connectivity index (χ1) is 17.6. The minimum atomic E-state index is -0.358. The molecule has 1 aliphatic heterocycles. The van der Waals surface area contributed by atoms with Crippen molar-refractivity contribution in [2.45, 2.75) is 6.92 Å². The topological polar surface area (TPSA) is 106 Å². The number of aromatic amines is 1. The van der Waals surface area contributed by atoms with Crippen LogP contribution in [-0.2, 0) is 4.74 Å². The van der Waals surface area contributed by atoms with Crippen molar-refractivity contribution in [3.8, 4) is 33.8 Å². The van der Waals surface area contributed by atoms with E-state index < -0.39 is 0 Å². The second-order valence-electron chi connectivity index (χ2n) is 9.01. The molecule has 0 atom stereocenters. The summed E-state index contributed by atoms with van der Waals surface area (Å²) in [5.74, 6) is 0.0313. The first kappa shape index (κ1) is 22.1. The van der Waals surface area contributed by atoms with Gasteiger partial charge in [0.15, 0.2) is 0 Å². The first-order valence-electron chi connectivity index (χ1n) is 11.8. The second kappa shape index (κ2) is 9.31. The number of fused-ring (bicyclic) bond motifs is 1. The largest absolute Gasteiger partial charge is 0.462 e. The van der Waals surface area contributed by atoms with Crippen molar-refractivity contribution in [3.63, 3.8) is 0 Å². The van der Waals surface area contributed by atoms with Crippen LogP contribution >= 0.6 is 0 Å². The Morgan fingerprint density at radius 3 is 2.69 bits per heavy atom. The Kier molecular flexibility index (Phi) is 5.71. The summed E-state index contributed by atoms with van der Waals surface area (Å²) in [4.78, 5) is 33.9. The van der Waals surface area contributed by atoms with Crippen molar-refractivity contribution in [2.75, 3.05) is 19.7 Å². The van der Waals surface area contributed by atoms with Gasteiger partial charge in [0.05, 0.1) is 41.1 Å². The molecule has 6 rings (SSSR count). The van der Waals surface area contributed by atoms with Crippen LogP contribution in [0.5, 0.6) is 0 Å². The van der Waals surface area contributed by atoms with E-state index in [0.29, 0.717) is 18.1 Å². The molecule has 1 aliphatic rings. The Morgan fingerprint density at radius 2 is 1.86 bits per heavy atom. The Bertz CT molecular complexity index is 1570. The van der Waals surface area contributed by atoms with Crippen LogP contribution < -0.4 is 5.32 Å². The Balaban J connectivity index is 1.31. The predicted molar refractivity (Wildman–Crippen MR) is 137 cm³/mol. The molecule has 1 saturated heterocycles. The lowest BCUT2D eigenvalue weighted by atomic mass is 10.0. The van der Waals surface area contributed by atoms with Crippen LogP contribution in [0.3, 0.4) is 0 Å². The molecule has 0 saturated carbocycles. The fraction of sp³-hybridized carbons (Fsp3) is 0.179. The molecule has 0 amide bonds. The van der Waals surface area contributed by atoms with Crippen LogP contribution in [0, 0.1) is 12.8 Å². The average Bonchev–Trinajstić information content (AvgIpc) is 3.37. The van der Waals surface area contributed by atoms with Gasteiger partial charge in [-0.05, 0) is 43.3 Å². The number of hydrogen-bond donors (Lipinski definition) is 2. The molecule has 5 heterocycles. The number of ether oxygens (including phenoxy) is 1. The van der Waals surface area contributed by atoms with Crippen molar-refractivity contribution in [1.82, 2.24) is 30.2 Å². The molecule has 0 radical (unpaired) electrons. The molecule has 2 N–H and O–H groups in total. The summed E-state index contributed by atoms with van der Waals surface area (Å²) in [6.07, 6.45) is 6.75. The minimum absolute atomic E-state index is 0.358. The SMILES string of the molecule is Cc1cccc(-c2[nH]cnc2-c2ccc3ncc(-c4cncc(C(=O)OCC5CNC5)c4)cc3c2)n1. The number of nitrogens with one attached hydrogen (secondary N) is 2. The number of aryl methyl sites for hydroxylation is 1. The maximum absolute atomic E-state index is 12.5. The summed E-state index contributed by atoms with van der Waals surface area (Å²) in [6, 6.07) is 15.8. The molecule has 5 aromatic rings. The van der Waals surface area contributed by atoms with Gasteiger partial charge < -0.3 is 15.0 Å². The highest BCUT2D eigenvalue weighted by atomic mass is 16.5. The Morgan fingerprint density at radius 1 is 1.00 bits per heavy atom. The third kappa shape index (κ3) is 4.34. The van der Waals surface area contributed by atoms with Gasteiger partial charge in [0.1, 0.15) is 0 Å². The fourth-order valence-corrected chi connectivity index (χ4v) is 4.28. The summed E-state index contributed by atoms with van der Waals surface area (Å²) in [5, 5.41) is 4.14. The predicted octanol–water partition coefficient (Wildman–Crippen LogP) is 4.43. The van der Waals surface area contributed by atoms with Crippen LogP contribution in [-0.4, -0.2) is 50.6 Å². The van der Waals surface area contributed by atoms with Gasteiger partial charge in [-0.3, -0.25) is 15.0 Å². The van der Waals surface area contributed by atoms with Crippen LogP contribution in [0.4, 0.5) is 0 Å². The van der Waals surface area contributed by atoms with Crippen LogP contribution in [0.2, 0.25) is 0 Å². The summed E-state index contributed by atoms with van der Waals surface area (Å²) in [6.45, 7) is 4.16. The summed E-state index contributed by atoms with van der Waals surface area (Å²) >= 11 is 0. The lowest BCUT2D eigenvalue weighted by Crippen LogP contribution is -2.44. The molecular weight excluding hydrogens is 452 g/mol. The van der Waals surface area contributed by atoms with Gasteiger partial charge in [-0.25, -0.2) is 9.78 Å². The third-order valence-electron chi connectivity index (χ3n) is 6.36. The lowest BCUT2D eigenvalue weighted by Gasteiger charge is -2.26. The van der Waals surface area contributed by atoms with Gasteiger partial charge in [0, 0.05) is 65.4 Å². The van der Waals surface area contributed by atoms with Crippen molar-refractivity contribution < 1.29 is 9.53 Å². The zero-order chi connectivity index (χ0) is 24.5. The minimum Gasteiger partial charge on any atom is -0.462 e. The van der Waals surface area contributed by atoms with E-state index in [0.717, 1.165) is 63.5 Å². The standard InChI is InChI=1S/C28H24N6O2/c1-17-3-2-4-25(34-17)27-26(32-16-33-27)19-5-6-24-20(7-19)8-22(14-31-24)21-9-23(13-30-12-21)28(35)36-15-18-10-29-11-18/h2-9,12-14,16,18,29H,10-11,15H2,1H3,(H,32,33). The van der Waals surface area contributed by atoms with Gasteiger partial charge in [0.25, 0.3) is 0 Å². The molecule has 0 bridgehead atoms. The van der Waals surface area contributed by atoms with E-state index >= 15 is 0 Å². The molecule has 0 unspecified atom stereocenters. The van der Waals surface area contributed by atoms with E-state index in [1.54, 1.807) is 24.8 Å². The van der Waals surface area contributed by atoms with Gasteiger partial charge in [-0.2, -0.15) is 0 Å². The molecule has 8 nitrogen and oxygen atoms in total. The highest BCUT2D eigenvalue weighted by molar-refractivity contribution is 5.92. The number of hydrogen-bond acceptors (Lipinski definition) is 7. The second-order valence-corrected chi connectivity index (χ2v) is 9.01. The maximum atomic E-state index is 12.5. The quantitative estimate of drug-likeness (QED) is 0.349. The molecule has 1 fully saturated rings. The summed E-state index contributed by atoms with van der Waals surface area (Å²) in [7, 11) is 0. The highest BCUT2D eigenvalue weighted by Gasteiger charge is 2.19. The van der Waals surface area contributed by atoms with Crippen molar-refractivity contribution in [3.05, 3.63) is 84.7 Å². The lowest BCUT2D eigenvalue weighted by molar-refractivity contribution is 0.0397. The zero-order valence-corrected chi connectivity index (χ0v) is 19.7. The van der Waals surface area contributed by atoms with Crippen LogP contribution in [0.15, 0.2) is 73.4 Å². The number of carbonyl (C=O) groups excluding carboxylic acids is 1. The van der Waals surface area contributed by atoms with Crippen molar-refractivity contribution >= 4 is 16.9 Å². The number of pyridine rings is 3. The molecular formula is C28H24N6O2. The highest BCUT2D eigenvalue weighted by Crippen LogP contribution is 2.31. The van der Waals surface area contributed by atoms with E-state index in [-0.39, 0.29) is 5.97 Å². The molecule has 36 heavy (non-hydrogen) atoms. The van der Waals surface area contributed by atoms with Gasteiger partial charge in [-0.1, -0.05) is 12.1 Å². The number of carbonyl (C=O) groups is 1. The Hall–Kier alpha value is -4.43. The number of nitrogens with zero attached hydrogens (tertiary/aromatic N) is 4. The molecule has 1 aromatic carbocycles. The average molecular weight is 477 g/mol. The number of benzene rings is 1. The van der Waals surface area contributed by atoms with Crippen molar-refractivity contribution in [1.29, 1.82) is 0 Å².